The van der Waals surface area contributed by atoms with Crippen LogP contribution in [0.2, 0.25) is 0 Å². The molecule has 1 fully saturated rings. The molecule has 0 amide bonds. The van der Waals surface area contributed by atoms with Crippen molar-refractivity contribution in [1.82, 2.24) is 0 Å². The molecular weight excluding hydrogens is 186 g/mol. The molecule has 0 heterocycles. The largest absolute Gasteiger partial charge is 0.494 e. The Labute approximate surface area is 91.4 Å². The zero-order valence-electron chi connectivity index (χ0n) is 9.33. The smallest absolute Gasteiger partial charge is 0.122 e. The minimum atomic E-state index is 0.382. The minimum Gasteiger partial charge on any atom is -0.494 e. The third-order valence-electron chi connectivity index (χ3n) is 3.23. The lowest BCUT2D eigenvalue weighted by atomic mass is 9.96. The van der Waals surface area contributed by atoms with Crippen LogP contribution in [0.15, 0.2) is 24.3 Å². The highest BCUT2D eigenvalue weighted by Crippen LogP contribution is 2.48. The number of rotatable bonds is 5. The van der Waals surface area contributed by atoms with Crippen LogP contribution >= 0.6 is 0 Å². The van der Waals surface area contributed by atoms with Crippen molar-refractivity contribution < 1.29 is 4.74 Å². The maximum atomic E-state index is 5.80. The summed E-state index contributed by atoms with van der Waals surface area (Å²) in [6.45, 7) is 3.55. The van der Waals surface area contributed by atoms with E-state index in [1.807, 2.05) is 19.1 Å². The molecule has 1 saturated carbocycles. The van der Waals surface area contributed by atoms with Crippen molar-refractivity contribution >= 4 is 0 Å². The zero-order chi connectivity index (χ0) is 10.7. The second-order valence-electron chi connectivity index (χ2n) is 4.42. The molecule has 2 nitrogen and oxygen atoms in total. The van der Waals surface area contributed by atoms with Gasteiger partial charge >= 0.3 is 0 Å². The van der Waals surface area contributed by atoms with Crippen LogP contribution in [0.3, 0.4) is 0 Å². The molecule has 1 aliphatic rings. The van der Waals surface area contributed by atoms with E-state index >= 15 is 0 Å². The fourth-order valence-electron chi connectivity index (χ4n) is 1.98. The molecule has 2 heteroatoms. The lowest BCUT2D eigenvalue weighted by Gasteiger charge is -2.15. The zero-order valence-corrected chi connectivity index (χ0v) is 9.33. The van der Waals surface area contributed by atoms with Crippen LogP contribution in [0.25, 0.3) is 0 Å². The lowest BCUT2D eigenvalue weighted by Crippen LogP contribution is -2.18. The Bertz CT molecular complexity index is 331. The number of benzene rings is 1. The average molecular weight is 205 g/mol. The highest BCUT2D eigenvalue weighted by atomic mass is 16.5. The van der Waals surface area contributed by atoms with Crippen LogP contribution in [-0.2, 0) is 6.42 Å². The number of para-hydroxylation sites is 1. The first-order valence-electron chi connectivity index (χ1n) is 5.70. The topological polar surface area (TPSA) is 35.2 Å². The van der Waals surface area contributed by atoms with E-state index < -0.39 is 0 Å². The van der Waals surface area contributed by atoms with Crippen molar-refractivity contribution in [2.45, 2.75) is 26.2 Å². The molecule has 0 aromatic heterocycles. The number of ether oxygens (including phenoxy) is 1. The van der Waals surface area contributed by atoms with E-state index in [2.05, 4.69) is 12.1 Å². The van der Waals surface area contributed by atoms with Gasteiger partial charge in [-0.05, 0) is 49.8 Å². The molecule has 0 unspecified atom stereocenters. The molecule has 82 valence electrons. The second-order valence-corrected chi connectivity index (χ2v) is 4.42. The van der Waals surface area contributed by atoms with Crippen LogP contribution in [0, 0.1) is 5.41 Å². The van der Waals surface area contributed by atoms with E-state index in [0.717, 1.165) is 25.3 Å². The summed E-state index contributed by atoms with van der Waals surface area (Å²) >= 11 is 0. The van der Waals surface area contributed by atoms with Gasteiger partial charge in [0, 0.05) is 0 Å². The molecule has 0 bridgehead atoms. The maximum Gasteiger partial charge on any atom is 0.122 e. The Morgan fingerprint density at radius 3 is 2.67 bits per heavy atom. The van der Waals surface area contributed by atoms with Crippen molar-refractivity contribution in [2.24, 2.45) is 11.1 Å². The quantitative estimate of drug-likeness (QED) is 0.801. The van der Waals surface area contributed by atoms with Gasteiger partial charge in [-0.3, -0.25) is 0 Å². The first kappa shape index (κ1) is 10.5. The maximum absolute atomic E-state index is 5.80. The van der Waals surface area contributed by atoms with Crippen molar-refractivity contribution in [2.75, 3.05) is 13.2 Å². The molecule has 0 aliphatic heterocycles. The summed E-state index contributed by atoms with van der Waals surface area (Å²) in [5.41, 5.74) is 7.49. The summed E-state index contributed by atoms with van der Waals surface area (Å²) in [7, 11) is 0. The fraction of sp³-hybridized carbons (Fsp3) is 0.538. The minimum absolute atomic E-state index is 0.382. The standard InChI is InChI=1S/C13H19NO/c1-2-15-12-6-4-3-5-11(12)9-13(10-14)7-8-13/h3-6H,2,7-10,14H2,1H3. The van der Waals surface area contributed by atoms with Crippen molar-refractivity contribution in [1.29, 1.82) is 0 Å². The summed E-state index contributed by atoms with van der Waals surface area (Å²) in [4.78, 5) is 0. The predicted molar refractivity (Wildman–Crippen MR) is 62.0 cm³/mol. The van der Waals surface area contributed by atoms with E-state index in [-0.39, 0.29) is 0 Å². The van der Waals surface area contributed by atoms with Gasteiger partial charge in [0.25, 0.3) is 0 Å². The number of hydrogen-bond donors (Lipinski definition) is 1. The number of hydrogen-bond acceptors (Lipinski definition) is 2. The first-order chi connectivity index (χ1) is 7.29. The van der Waals surface area contributed by atoms with Crippen LogP contribution in [0.5, 0.6) is 5.75 Å². The van der Waals surface area contributed by atoms with Gasteiger partial charge in [-0.1, -0.05) is 18.2 Å². The van der Waals surface area contributed by atoms with E-state index in [1.165, 1.54) is 18.4 Å². The predicted octanol–water partition coefficient (Wildman–Crippen LogP) is 2.37. The van der Waals surface area contributed by atoms with Crippen LogP contribution in [0.1, 0.15) is 25.3 Å². The van der Waals surface area contributed by atoms with Gasteiger partial charge in [0.15, 0.2) is 0 Å². The molecule has 1 aliphatic carbocycles. The summed E-state index contributed by atoms with van der Waals surface area (Å²) < 4.78 is 5.61. The Kier molecular flexibility index (Phi) is 2.96. The Morgan fingerprint density at radius 1 is 1.33 bits per heavy atom. The summed E-state index contributed by atoms with van der Waals surface area (Å²) in [5, 5.41) is 0. The second kappa shape index (κ2) is 4.23. The highest BCUT2D eigenvalue weighted by Gasteiger charge is 2.41. The van der Waals surface area contributed by atoms with Gasteiger partial charge in [-0.25, -0.2) is 0 Å². The number of nitrogens with two attached hydrogens (primary N) is 1. The lowest BCUT2D eigenvalue weighted by molar-refractivity contribution is 0.333. The van der Waals surface area contributed by atoms with Crippen LogP contribution < -0.4 is 10.5 Å². The fourth-order valence-corrected chi connectivity index (χ4v) is 1.98. The van der Waals surface area contributed by atoms with E-state index in [4.69, 9.17) is 10.5 Å². The van der Waals surface area contributed by atoms with Gasteiger partial charge in [-0.15, -0.1) is 0 Å². The monoisotopic (exact) mass is 205 g/mol. The normalized spacial score (nSPS) is 17.5. The SMILES string of the molecule is CCOc1ccccc1CC1(CN)CC1. The molecule has 0 atom stereocenters. The van der Waals surface area contributed by atoms with Crippen LogP contribution in [-0.4, -0.2) is 13.2 Å². The Balaban J connectivity index is 2.13. The first-order valence-corrected chi connectivity index (χ1v) is 5.70. The van der Waals surface area contributed by atoms with Gasteiger partial charge in [0.1, 0.15) is 5.75 Å². The average Bonchev–Trinajstić information content (AvgIpc) is 3.02. The molecule has 0 saturated heterocycles. The molecule has 0 radical (unpaired) electrons. The van der Waals surface area contributed by atoms with Crippen molar-refractivity contribution in [3.05, 3.63) is 29.8 Å². The molecule has 0 spiro atoms. The highest BCUT2D eigenvalue weighted by molar-refractivity contribution is 5.35. The van der Waals surface area contributed by atoms with Crippen LogP contribution in [0.4, 0.5) is 0 Å². The van der Waals surface area contributed by atoms with E-state index in [0.29, 0.717) is 5.41 Å². The summed E-state index contributed by atoms with van der Waals surface area (Å²) in [6, 6.07) is 8.30. The molecular formula is C13H19NO. The Hall–Kier alpha value is -1.02. The van der Waals surface area contributed by atoms with Crippen molar-refractivity contribution in [3.8, 4) is 5.75 Å². The van der Waals surface area contributed by atoms with Crippen molar-refractivity contribution in [3.63, 3.8) is 0 Å². The van der Waals surface area contributed by atoms with Gasteiger partial charge in [0.05, 0.1) is 6.61 Å². The van der Waals surface area contributed by atoms with Gasteiger partial charge in [0.2, 0.25) is 0 Å². The third-order valence-corrected chi connectivity index (χ3v) is 3.23. The molecule has 2 rings (SSSR count). The van der Waals surface area contributed by atoms with Gasteiger partial charge < -0.3 is 10.5 Å². The van der Waals surface area contributed by atoms with E-state index in [9.17, 15) is 0 Å². The van der Waals surface area contributed by atoms with Gasteiger partial charge in [-0.2, -0.15) is 0 Å². The summed E-state index contributed by atoms with van der Waals surface area (Å²) in [5.74, 6) is 1.03. The molecule has 2 N–H and O–H groups in total. The molecule has 1 aromatic carbocycles. The molecule has 1 aromatic rings. The summed E-state index contributed by atoms with van der Waals surface area (Å²) in [6.07, 6.45) is 3.60. The van der Waals surface area contributed by atoms with E-state index in [1.54, 1.807) is 0 Å². The third kappa shape index (κ3) is 2.32. The molecule has 15 heavy (non-hydrogen) atoms. The Morgan fingerprint density at radius 2 is 2.07 bits per heavy atom.